The molecule has 0 bridgehead atoms. The van der Waals surface area contributed by atoms with Crippen LogP contribution in [0.25, 0.3) is 56.0 Å². The van der Waals surface area contributed by atoms with E-state index in [2.05, 4.69) is 49.5 Å². The molecule has 8 nitrogen and oxygen atoms in total. The molecule has 0 radical (unpaired) electrons. The Hall–Kier alpha value is -4.43. The van der Waals surface area contributed by atoms with Gasteiger partial charge in [0.05, 0.1) is 22.2 Å². The predicted molar refractivity (Wildman–Crippen MR) is 133 cm³/mol. The summed E-state index contributed by atoms with van der Waals surface area (Å²) >= 11 is 0. The summed E-state index contributed by atoms with van der Waals surface area (Å²) in [5.74, 6) is 0.668. The lowest BCUT2D eigenvalue weighted by Crippen LogP contribution is -2.11. The summed E-state index contributed by atoms with van der Waals surface area (Å²) in [5.41, 5.74) is 9.06. The number of nitrogens with zero attached hydrogens (tertiary/aromatic N) is 5. The molecule has 5 aromatic heterocycles. The van der Waals surface area contributed by atoms with E-state index in [1.807, 2.05) is 55.0 Å². The predicted octanol–water partition coefficient (Wildman–Crippen LogP) is 4.73. The number of fused-ring (bicyclic) bond motifs is 2. The topological polar surface area (TPSA) is 108 Å². The number of aromatic nitrogens is 7. The van der Waals surface area contributed by atoms with Gasteiger partial charge in [-0.2, -0.15) is 5.10 Å². The van der Waals surface area contributed by atoms with Crippen LogP contribution in [0.2, 0.25) is 0 Å². The molecule has 34 heavy (non-hydrogen) atoms. The Kier molecular flexibility index (Phi) is 5.04. The quantitative estimate of drug-likeness (QED) is 0.341. The van der Waals surface area contributed by atoms with Crippen molar-refractivity contribution in [3.63, 3.8) is 0 Å². The summed E-state index contributed by atoms with van der Waals surface area (Å²) in [6, 6.07) is 16.1. The third-order valence-corrected chi connectivity index (χ3v) is 5.79. The Morgan fingerprint density at radius 2 is 1.79 bits per heavy atom. The van der Waals surface area contributed by atoms with E-state index in [1.165, 1.54) is 0 Å². The maximum absolute atomic E-state index is 4.93. The van der Waals surface area contributed by atoms with Crippen molar-refractivity contribution in [1.29, 1.82) is 0 Å². The third kappa shape index (κ3) is 3.60. The molecule has 6 rings (SSSR count). The second kappa shape index (κ2) is 8.49. The van der Waals surface area contributed by atoms with Crippen LogP contribution in [0.1, 0.15) is 12.5 Å². The Labute approximate surface area is 195 Å². The van der Waals surface area contributed by atoms with Gasteiger partial charge in [-0.3, -0.25) is 15.1 Å². The highest BCUT2D eigenvalue weighted by atomic mass is 15.1. The number of imidazole rings is 1. The van der Waals surface area contributed by atoms with Crippen molar-refractivity contribution in [3.05, 3.63) is 78.9 Å². The number of pyridine rings is 3. The second-order valence-electron chi connectivity index (χ2n) is 8.06. The van der Waals surface area contributed by atoms with E-state index < -0.39 is 0 Å². The molecule has 3 N–H and O–H groups in total. The fourth-order valence-electron chi connectivity index (χ4n) is 4.12. The summed E-state index contributed by atoms with van der Waals surface area (Å²) in [4.78, 5) is 21.9. The number of nitrogens with one attached hydrogen (secondary N) is 3. The van der Waals surface area contributed by atoms with E-state index in [0.717, 1.165) is 63.1 Å². The van der Waals surface area contributed by atoms with Crippen LogP contribution < -0.4 is 5.32 Å². The fourth-order valence-corrected chi connectivity index (χ4v) is 4.12. The van der Waals surface area contributed by atoms with Crippen molar-refractivity contribution in [2.45, 2.75) is 13.5 Å². The van der Waals surface area contributed by atoms with Gasteiger partial charge in [0.25, 0.3) is 0 Å². The van der Waals surface area contributed by atoms with Crippen LogP contribution in [-0.4, -0.2) is 41.7 Å². The first-order valence-electron chi connectivity index (χ1n) is 11.2. The molecule has 0 fully saturated rings. The molecule has 1 aromatic carbocycles. The first-order chi connectivity index (χ1) is 16.8. The lowest BCUT2D eigenvalue weighted by molar-refractivity contribution is 0.724. The van der Waals surface area contributed by atoms with Crippen LogP contribution in [0.5, 0.6) is 0 Å². The smallest absolute Gasteiger partial charge is 0.161 e. The van der Waals surface area contributed by atoms with Crippen LogP contribution >= 0.6 is 0 Å². The molecule has 0 atom stereocenters. The Bertz CT molecular complexity index is 1600. The normalized spacial score (nSPS) is 11.4. The van der Waals surface area contributed by atoms with Crippen molar-refractivity contribution in [1.82, 2.24) is 40.4 Å². The highest BCUT2D eigenvalue weighted by Crippen LogP contribution is 2.31. The maximum Gasteiger partial charge on any atom is 0.161 e. The average Bonchev–Trinajstić information content (AvgIpc) is 3.51. The molecule has 0 aliphatic carbocycles. The molecule has 166 valence electrons. The molecule has 0 amide bonds. The molecule has 0 unspecified atom stereocenters. The van der Waals surface area contributed by atoms with Crippen LogP contribution in [0.4, 0.5) is 0 Å². The molecule has 0 saturated carbocycles. The van der Waals surface area contributed by atoms with Gasteiger partial charge < -0.3 is 10.3 Å². The molecule has 0 aliphatic rings. The highest BCUT2D eigenvalue weighted by Gasteiger charge is 2.17. The minimum absolute atomic E-state index is 0.668. The lowest BCUT2D eigenvalue weighted by Gasteiger charge is -2.05. The van der Waals surface area contributed by atoms with Gasteiger partial charge in [-0.05, 0) is 42.4 Å². The van der Waals surface area contributed by atoms with Crippen molar-refractivity contribution < 1.29 is 0 Å². The number of H-pyrrole nitrogens is 2. The summed E-state index contributed by atoms with van der Waals surface area (Å²) in [6.07, 6.45) is 7.33. The average molecular weight is 447 g/mol. The zero-order valence-corrected chi connectivity index (χ0v) is 18.6. The number of aromatic amines is 2. The van der Waals surface area contributed by atoms with E-state index in [-0.39, 0.29) is 0 Å². The number of hydrogen-bond acceptors (Lipinski definition) is 6. The van der Waals surface area contributed by atoms with E-state index in [4.69, 9.17) is 9.97 Å². The van der Waals surface area contributed by atoms with E-state index in [1.54, 1.807) is 6.20 Å². The minimum Gasteiger partial charge on any atom is -0.336 e. The summed E-state index contributed by atoms with van der Waals surface area (Å²) in [6.45, 7) is 3.77. The highest BCUT2D eigenvalue weighted by molar-refractivity contribution is 5.96. The summed E-state index contributed by atoms with van der Waals surface area (Å²) in [5, 5.41) is 11.0. The molecular formula is C26H22N8. The number of hydrogen-bond donors (Lipinski definition) is 3. The Balaban J connectivity index is 1.44. The van der Waals surface area contributed by atoms with E-state index in [0.29, 0.717) is 11.5 Å². The molecule has 5 heterocycles. The first-order valence-corrected chi connectivity index (χ1v) is 11.2. The Morgan fingerprint density at radius 1 is 0.853 bits per heavy atom. The Morgan fingerprint density at radius 3 is 2.68 bits per heavy atom. The first kappa shape index (κ1) is 20.2. The molecule has 0 aliphatic heterocycles. The van der Waals surface area contributed by atoms with Crippen molar-refractivity contribution in [2.75, 3.05) is 6.54 Å². The maximum atomic E-state index is 4.93. The SMILES string of the molecule is CCNCc1cncc(-c2ccc3[nH]nc(-c4nc5c(-c6cccnc6)cccc5[nH]4)c3n2)c1. The van der Waals surface area contributed by atoms with Gasteiger partial charge in [-0.1, -0.05) is 25.1 Å². The van der Waals surface area contributed by atoms with E-state index in [9.17, 15) is 0 Å². The van der Waals surface area contributed by atoms with Gasteiger partial charge in [0.1, 0.15) is 5.52 Å². The summed E-state index contributed by atoms with van der Waals surface area (Å²) < 4.78 is 0. The van der Waals surface area contributed by atoms with Gasteiger partial charge in [-0.15, -0.1) is 0 Å². The number of para-hydroxylation sites is 1. The minimum atomic E-state index is 0.668. The number of rotatable bonds is 6. The monoisotopic (exact) mass is 446 g/mol. The van der Waals surface area contributed by atoms with Crippen LogP contribution in [0, 0.1) is 0 Å². The fraction of sp³-hybridized carbons (Fsp3) is 0.115. The standard InChI is InChI=1S/C26H22N8/c1-2-27-12-16-11-18(15-29-13-16)20-8-9-22-24(30-20)25(34-33-22)26-31-21-7-3-6-19(23(21)32-26)17-5-4-10-28-14-17/h3-11,13-15,27H,2,12H2,1H3,(H,31,32)(H,33,34). The second-order valence-corrected chi connectivity index (χ2v) is 8.06. The lowest BCUT2D eigenvalue weighted by atomic mass is 10.1. The zero-order valence-electron chi connectivity index (χ0n) is 18.6. The van der Waals surface area contributed by atoms with Crippen molar-refractivity contribution >= 4 is 22.1 Å². The zero-order chi connectivity index (χ0) is 22.9. The number of benzene rings is 1. The summed E-state index contributed by atoms with van der Waals surface area (Å²) in [7, 11) is 0. The van der Waals surface area contributed by atoms with Crippen LogP contribution in [0.3, 0.4) is 0 Å². The van der Waals surface area contributed by atoms with Crippen molar-refractivity contribution in [2.24, 2.45) is 0 Å². The van der Waals surface area contributed by atoms with E-state index >= 15 is 0 Å². The van der Waals surface area contributed by atoms with Crippen LogP contribution in [-0.2, 0) is 6.54 Å². The van der Waals surface area contributed by atoms with Crippen LogP contribution in [0.15, 0.2) is 73.3 Å². The van der Waals surface area contributed by atoms with Gasteiger partial charge in [0.2, 0.25) is 0 Å². The van der Waals surface area contributed by atoms with Gasteiger partial charge in [0, 0.05) is 48.0 Å². The molecule has 6 aromatic rings. The molecule has 8 heteroatoms. The van der Waals surface area contributed by atoms with Gasteiger partial charge >= 0.3 is 0 Å². The molecular weight excluding hydrogens is 424 g/mol. The largest absolute Gasteiger partial charge is 0.336 e. The van der Waals surface area contributed by atoms with Crippen molar-refractivity contribution in [3.8, 4) is 33.9 Å². The van der Waals surface area contributed by atoms with Gasteiger partial charge in [0.15, 0.2) is 11.5 Å². The molecule has 0 spiro atoms. The third-order valence-electron chi connectivity index (χ3n) is 5.79. The molecule has 0 saturated heterocycles. The van der Waals surface area contributed by atoms with Gasteiger partial charge in [-0.25, -0.2) is 9.97 Å².